The lowest BCUT2D eigenvalue weighted by molar-refractivity contribution is 0.127. The monoisotopic (exact) mass is 212 g/mol. The first kappa shape index (κ1) is 13.0. The van der Waals surface area contributed by atoms with Crippen LogP contribution in [0.1, 0.15) is 46.0 Å². The van der Waals surface area contributed by atoms with Crippen molar-refractivity contribution >= 4 is 0 Å². The van der Waals surface area contributed by atoms with Crippen LogP contribution in [0.2, 0.25) is 0 Å². The molecule has 0 aromatic rings. The summed E-state index contributed by atoms with van der Waals surface area (Å²) in [7, 11) is 4.32. The van der Waals surface area contributed by atoms with Gasteiger partial charge in [0.2, 0.25) is 0 Å². The summed E-state index contributed by atoms with van der Waals surface area (Å²) in [6, 6.07) is 0.842. The molecule has 1 rings (SSSR count). The first-order valence-electron chi connectivity index (χ1n) is 6.40. The first-order chi connectivity index (χ1) is 7.05. The Hall–Kier alpha value is -0.0800. The highest BCUT2D eigenvalue weighted by Gasteiger charge is 2.28. The van der Waals surface area contributed by atoms with Gasteiger partial charge in [0.1, 0.15) is 0 Å². The third-order valence-corrected chi connectivity index (χ3v) is 3.87. The molecule has 0 unspecified atom stereocenters. The van der Waals surface area contributed by atoms with Gasteiger partial charge in [0, 0.05) is 6.04 Å². The SMILES string of the molecule is CNCCCN(C)C1CCC(C)(C)CC1. The van der Waals surface area contributed by atoms with Crippen molar-refractivity contribution in [2.24, 2.45) is 5.41 Å². The number of hydrogen-bond acceptors (Lipinski definition) is 2. The molecule has 0 spiro atoms. The minimum Gasteiger partial charge on any atom is -0.320 e. The molecule has 1 aliphatic carbocycles. The van der Waals surface area contributed by atoms with Gasteiger partial charge in [-0.15, -0.1) is 0 Å². The predicted octanol–water partition coefficient (Wildman–Crippen LogP) is 2.50. The molecule has 90 valence electrons. The highest BCUT2D eigenvalue weighted by atomic mass is 15.1. The van der Waals surface area contributed by atoms with Crippen molar-refractivity contribution in [2.45, 2.75) is 52.0 Å². The molecule has 1 fully saturated rings. The topological polar surface area (TPSA) is 15.3 Å². The van der Waals surface area contributed by atoms with Gasteiger partial charge in [-0.1, -0.05) is 13.8 Å². The first-order valence-corrected chi connectivity index (χ1v) is 6.40. The molecule has 2 heteroatoms. The Balaban J connectivity index is 2.21. The molecule has 0 aliphatic heterocycles. The summed E-state index contributed by atoms with van der Waals surface area (Å²) in [5, 5.41) is 3.21. The summed E-state index contributed by atoms with van der Waals surface area (Å²) in [5.74, 6) is 0. The van der Waals surface area contributed by atoms with Crippen molar-refractivity contribution < 1.29 is 0 Å². The van der Waals surface area contributed by atoms with Crippen LogP contribution < -0.4 is 5.32 Å². The van der Waals surface area contributed by atoms with Gasteiger partial charge in [-0.3, -0.25) is 0 Å². The Labute approximate surface area is 95.4 Å². The van der Waals surface area contributed by atoms with E-state index in [1.807, 2.05) is 7.05 Å². The third-order valence-electron chi connectivity index (χ3n) is 3.87. The van der Waals surface area contributed by atoms with E-state index in [0.717, 1.165) is 12.6 Å². The van der Waals surface area contributed by atoms with E-state index in [1.165, 1.54) is 38.6 Å². The van der Waals surface area contributed by atoms with Crippen LogP contribution >= 0.6 is 0 Å². The molecular weight excluding hydrogens is 184 g/mol. The van der Waals surface area contributed by atoms with E-state index in [0.29, 0.717) is 5.41 Å². The molecule has 1 aliphatic rings. The van der Waals surface area contributed by atoms with E-state index in [9.17, 15) is 0 Å². The van der Waals surface area contributed by atoms with E-state index in [4.69, 9.17) is 0 Å². The van der Waals surface area contributed by atoms with Crippen molar-refractivity contribution in [3.8, 4) is 0 Å². The Morgan fingerprint density at radius 2 is 1.87 bits per heavy atom. The Bertz CT molecular complexity index is 167. The molecule has 0 atom stereocenters. The molecule has 0 bridgehead atoms. The molecule has 1 saturated carbocycles. The zero-order valence-electron chi connectivity index (χ0n) is 11.0. The summed E-state index contributed by atoms with van der Waals surface area (Å²) in [4.78, 5) is 2.56. The van der Waals surface area contributed by atoms with Crippen LogP contribution in [0.4, 0.5) is 0 Å². The summed E-state index contributed by atoms with van der Waals surface area (Å²) >= 11 is 0. The van der Waals surface area contributed by atoms with Gasteiger partial charge in [0.25, 0.3) is 0 Å². The molecule has 0 heterocycles. The average Bonchev–Trinajstić information content (AvgIpc) is 2.18. The highest BCUT2D eigenvalue weighted by molar-refractivity contribution is 4.82. The molecule has 0 aromatic carbocycles. The minimum absolute atomic E-state index is 0.600. The van der Waals surface area contributed by atoms with Gasteiger partial charge >= 0.3 is 0 Å². The summed E-state index contributed by atoms with van der Waals surface area (Å²) < 4.78 is 0. The van der Waals surface area contributed by atoms with E-state index < -0.39 is 0 Å². The normalized spacial score (nSPS) is 22.2. The summed E-state index contributed by atoms with van der Waals surface area (Å²) in [6.45, 7) is 7.20. The van der Waals surface area contributed by atoms with Crippen LogP contribution in [0.15, 0.2) is 0 Å². The molecule has 0 saturated heterocycles. The quantitative estimate of drug-likeness (QED) is 0.704. The van der Waals surface area contributed by atoms with Crippen molar-refractivity contribution in [1.82, 2.24) is 10.2 Å². The van der Waals surface area contributed by atoms with Crippen LogP contribution in [0, 0.1) is 5.41 Å². The lowest BCUT2D eigenvalue weighted by atomic mass is 9.75. The van der Waals surface area contributed by atoms with Crippen molar-refractivity contribution in [3.63, 3.8) is 0 Å². The van der Waals surface area contributed by atoms with Crippen molar-refractivity contribution in [2.75, 3.05) is 27.2 Å². The Morgan fingerprint density at radius 1 is 1.27 bits per heavy atom. The van der Waals surface area contributed by atoms with Crippen LogP contribution in [0.3, 0.4) is 0 Å². The van der Waals surface area contributed by atoms with Gasteiger partial charge in [0.05, 0.1) is 0 Å². The second-order valence-corrected chi connectivity index (χ2v) is 5.83. The highest BCUT2D eigenvalue weighted by Crippen LogP contribution is 2.36. The van der Waals surface area contributed by atoms with Crippen LogP contribution in [-0.4, -0.2) is 38.1 Å². The number of nitrogens with zero attached hydrogens (tertiary/aromatic N) is 1. The smallest absolute Gasteiger partial charge is 0.00926 e. The lowest BCUT2D eigenvalue weighted by Crippen LogP contribution is -2.38. The molecule has 2 nitrogen and oxygen atoms in total. The number of rotatable bonds is 5. The lowest BCUT2D eigenvalue weighted by Gasteiger charge is -2.38. The van der Waals surface area contributed by atoms with Gasteiger partial charge in [-0.2, -0.15) is 0 Å². The van der Waals surface area contributed by atoms with Crippen molar-refractivity contribution in [1.29, 1.82) is 0 Å². The van der Waals surface area contributed by atoms with E-state index in [-0.39, 0.29) is 0 Å². The average molecular weight is 212 g/mol. The second kappa shape index (κ2) is 5.86. The van der Waals surface area contributed by atoms with Gasteiger partial charge in [-0.25, -0.2) is 0 Å². The number of hydrogen-bond donors (Lipinski definition) is 1. The van der Waals surface area contributed by atoms with Gasteiger partial charge in [-0.05, 0) is 64.7 Å². The van der Waals surface area contributed by atoms with Gasteiger partial charge in [0.15, 0.2) is 0 Å². The van der Waals surface area contributed by atoms with Gasteiger partial charge < -0.3 is 10.2 Å². The molecule has 0 radical (unpaired) electrons. The largest absolute Gasteiger partial charge is 0.320 e. The fourth-order valence-corrected chi connectivity index (χ4v) is 2.51. The van der Waals surface area contributed by atoms with Crippen LogP contribution in [0.5, 0.6) is 0 Å². The Morgan fingerprint density at radius 3 is 2.40 bits per heavy atom. The molecular formula is C13H28N2. The molecule has 0 amide bonds. The minimum atomic E-state index is 0.600. The maximum absolute atomic E-state index is 3.21. The van der Waals surface area contributed by atoms with E-state index in [1.54, 1.807) is 0 Å². The fraction of sp³-hybridized carbons (Fsp3) is 1.00. The van der Waals surface area contributed by atoms with Crippen LogP contribution in [0.25, 0.3) is 0 Å². The van der Waals surface area contributed by atoms with E-state index in [2.05, 4.69) is 31.1 Å². The predicted molar refractivity (Wildman–Crippen MR) is 67.2 cm³/mol. The van der Waals surface area contributed by atoms with Crippen LogP contribution in [-0.2, 0) is 0 Å². The maximum atomic E-state index is 3.21. The number of nitrogens with one attached hydrogen (secondary N) is 1. The third kappa shape index (κ3) is 4.52. The van der Waals surface area contributed by atoms with E-state index >= 15 is 0 Å². The zero-order chi connectivity index (χ0) is 11.3. The molecule has 0 aromatic heterocycles. The standard InChI is InChI=1S/C13H28N2/c1-13(2)8-6-12(7-9-13)15(4)11-5-10-14-3/h12,14H,5-11H2,1-4H3. The summed E-state index contributed by atoms with van der Waals surface area (Å²) in [6.07, 6.45) is 6.85. The summed E-state index contributed by atoms with van der Waals surface area (Å²) in [5.41, 5.74) is 0.600. The zero-order valence-corrected chi connectivity index (χ0v) is 11.0. The fourth-order valence-electron chi connectivity index (χ4n) is 2.51. The second-order valence-electron chi connectivity index (χ2n) is 5.83. The Kier molecular flexibility index (Phi) is 5.07. The van der Waals surface area contributed by atoms with Crippen molar-refractivity contribution in [3.05, 3.63) is 0 Å². The molecule has 15 heavy (non-hydrogen) atoms. The maximum Gasteiger partial charge on any atom is 0.00926 e. The molecule has 1 N–H and O–H groups in total.